The minimum Gasteiger partial charge on any atom is -0.467 e. The Balaban J connectivity index is 0.864. The van der Waals surface area contributed by atoms with Crippen LogP contribution in [0.15, 0.2) is 83.7 Å². The van der Waals surface area contributed by atoms with Crippen LogP contribution in [0.3, 0.4) is 0 Å². The van der Waals surface area contributed by atoms with E-state index in [0.29, 0.717) is 39.8 Å². The van der Waals surface area contributed by atoms with Crippen LogP contribution in [0.5, 0.6) is 5.75 Å². The van der Waals surface area contributed by atoms with Gasteiger partial charge in [0, 0.05) is 49.3 Å². The largest absolute Gasteiger partial charge is 0.467 e. The first-order chi connectivity index (χ1) is 41.7. The van der Waals surface area contributed by atoms with Crippen LogP contribution in [0, 0.1) is 12.7 Å². The van der Waals surface area contributed by atoms with Gasteiger partial charge in [0.1, 0.15) is 37.9 Å². The van der Waals surface area contributed by atoms with Crippen molar-refractivity contribution in [3.63, 3.8) is 0 Å². The van der Waals surface area contributed by atoms with Crippen molar-refractivity contribution in [3.8, 4) is 28.3 Å². The number of aryl methyl sites for hydroxylation is 1. The molecule has 2 aromatic heterocycles. The normalized spacial score (nSPS) is 21.1. The third-order valence-corrected chi connectivity index (χ3v) is 16.2. The lowest BCUT2D eigenvalue weighted by Gasteiger charge is -2.43. The predicted molar refractivity (Wildman–Crippen MR) is 300 cm³/mol. The highest BCUT2D eigenvalue weighted by molar-refractivity contribution is 5.96. The van der Waals surface area contributed by atoms with Gasteiger partial charge in [0.2, 0.25) is 18.3 Å². The van der Waals surface area contributed by atoms with Gasteiger partial charge in [0.05, 0.1) is 47.9 Å². The lowest BCUT2D eigenvalue weighted by atomic mass is 9.81. The molecule has 1 fully saturated rings. The predicted octanol–water partition coefficient (Wildman–Crippen LogP) is 5.99. The second-order valence-electron chi connectivity index (χ2n) is 21.5. The SMILES string of the molecule is CC[C@@]1(O)C(=O)OCc2c1cc1n(c2=O)Cc2c-1nc1cc(F)c(C)c3c1c2[C@@H](NC(=O)OCc1ccc(O[C@@H]2O[C@H](C(=O)OC)C(OC(C)=O)[C@H](OC(C)=O)[C@H]2OC(C)=O)c(NC(=O)CNC(=O)OCC2c4ccccc4-c4ccccc42)c1)CC3. The molecule has 11 rings (SSSR count). The summed E-state index contributed by atoms with van der Waals surface area (Å²) in [5.41, 5.74) is 4.59. The zero-order chi connectivity index (χ0) is 61.7. The fourth-order valence-electron chi connectivity index (χ4n) is 12.2. The summed E-state index contributed by atoms with van der Waals surface area (Å²) in [4.78, 5) is 124. The fourth-order valence-corrected chi connectivity index (χ4v) is 12.2. The molecular weight excluding hydrogens is 1140 g/mol. The highest BCUT2D eigenvalue weighted by atomic mass is 19.1. The number of fused-ring (bicyclic) bond motifs is 8. The molecule has 0 radical (unpaired) electrons. The maximum absolute atomic E-state index is 15.6. The highest BCUT2D eigenvalue weighted by Gasteiger charge is 2.56. The quantitative estimate of drug-likeness (QED) is 0.0676. The lowest BCUT2D eigenvalue weighted by molar-refractivity contribution is -0.282. The number of anilines is 1. The number of aliphatic hydroxyl groups is 1. The molecule has 25 heteroatoms. The van der Waals surface area contributed by atoms with Gasteiger partial charge in [-0.05, 0) is 88.9 Å². The Morgan fingerprint density at radius 2 is 1.51 bits per heavy atom. The third-order valence-electron chi connectivity index (χ3n) is 16.2. The number of nitrogens with one attached hydrogen (secondary N) is 3. The van der Waals surface area contributed by atoms with Crippen molar-refractivity contribution in [1.82, 2.24) is 20.2 Å². The Hall–Kier alpha value is -9.75. The number of esters is 5. The van der Waals surface area contributed by atoms with Crippen LogP contribution in [-0.2, 0) is 98.4 Å². The summed E-state index contributed by atoms with van der Waals surface area (Å²) in [6.45, 7) is 4.75. The summed E-state index contributed by atoms with van der Waals surface area (Å²) >= 11 is 0. The number of nitrogens with zero attached hydrogens (tertiary/aromatic N) is 2. The number of cyclic esters (lactones) is 1. The topological polar surface area (TPSA) is 311 Å². The number of rotatable bonds is 15. The van der Waals surface area contributed by atoms with E-state index in [4.69, 9.17) is 47.6 Å². The number of aromatic nitrogens is 2. The van der Waals surface area contributed by atoms with Gasteiger partial charge in [0.15, 0.2) is 23.9 Å². The second kappa shape index (κ2) is 23.6. The number of ether oxygens (including phenoxy) is 9. The molecule has 4 aromatic carbocycles. The van der Waals surface area contributed by atoms with Crippen molar-refractivity contribution in [2.75, 3.05) is 25.6 Å². The number of benzene rings is 4. The summed E-state index contributed by atoms with van der Waals surface area (Å²) in [6, 6.07) is 21.6. The molecule has 0 spiro atoms. The van der Waals surface area contributed by atoms with Gasteiger partial charge in [-0.1, -0.05) is 61.5 Å². The van der Waals surface area contributed by atoms with Gasteiger partial charge < -0.3 is 68.3 Å². The van der Waals surface area contributed by atoms with Crippen molar-refractivity contribution in [1.29, 1.82) is 0 Å². The van der Waals surface area contributed by atoms with Crippen molar-refractivity contribution >= 4 is 64.5 Å². The molecule has 7 atom stereocenters. The first-order valence-electron chi connectivity index (χ1n) is 27.9. The van der Waals surface area contributed by atoms with Crippen LogP contribution < -0.4 is 26.2 Å². The summed E-state index contributed by atoms with van der Waals surface area (Å²) in [7, 11) is 1.02. The van der Waals surface area contributed by atoms with Gasteiger partial charge in [-0.15, -0.1) is 0 Å². The lowest BCUT2D eigenvalue weighted by Crippen LogP contribution is -2.64. The Morgan fingerprint density at radius 1 is 0.828 bits per heavy atom. The smallest absolute Gasteiger partial charge is 0.407 e. The number of hydrogen-bond donors (Lipinski definition) is 4. The van der Waals surface area contributed by atoms with E-state index in [-0.39, 0.29) is 77.9 Å². The standard InChI is InChI=1S/C62H58FN5O19/c1-7-62(78)41-21-46-51-38(24-68(46)56(73)40(41)27-80-59(62)75)50-43(18-17-33-28(2)42(63)22-45(66-51)49(33)50)67-61(77)81-25-32-16-19-47(86-58-55(85-31(5)71)53(84-30(4)70)52(83-29(3)69)54(87-58)57(74)79-6)44(20-32)65-48(72)23-64-60(76)82-26-39-36-14-10-8-12-34(36)35-13-9-11-15-37(35)39/h8-16,19-22,39,43,52-55,58,78H,7,17-18,23-27H2,1-6H3,(H,64,76)(H,65,72)(H,67,77)/t43-,52?,53-,54-,55+,58+,62-/m0/s1. The van der Waals surface area contributed by atoms with Crippen molar-refractivity contribution < 1.29 is 90.5 Å². The van der Waals surface area contributed by atoms with E-state index in [1.807, 2.05) is 48.5 Å². The summed E-state index contributed by atoms with van der Waals surface area (Å²) in [5.74, 6) is -6.68. The average molecular weight is 1200 g/mol. The molecule has 87 heavy (non-hydrogen) atoms. The Kier molecular flexibility index (Phi) is 16.0. The van der Waals surface area contributed by atoms with Crippen LogP contribution in [-0.4, -0.2) is 114 Å². The number of methoxy groups -OCH3 is 1. The molecule has 452 valence electrons. The van der Waals surface area contributed by atoms with Gasteiger partial charge in [-0.3, -0.25) is 24.0 Å². The van der Waals surface area contributed by atoms with Gasteiger partial charge >= 0.3 is 42.0 Å². The Bertz CT molecular complexity index is 3910. The first-order valence-corrected chi connectivity index (χ1v) is 27.9. The zero-order valence-corrected chi connectivity index (χ0v) is 47.8. The van der Waals surface area contributed by atoms with Crippen LogP contribution >= 0.6 is 0 Å². The summed E-state index contributed by atoms with van der Waals surface area (Å²) in [5, 5.41) is 20.1. The molecule has 0 bridgehead atoms. The van der Waals surface area contributed by atoms with Crippen LogP contribution in [0.2, 0.25) is 0 Å². The molecule has 24 nitrogen and oxygen atoms in total. The Morgan fingerprint density at radius 3 is 2.18 bits per heavy atom. The van der Waals surface area contributed by atoms with Crippen molar-refractivity contribution in [3.05, 3.63) is 145 Å². The van der Waals surface area contributed by atoms with Crippen LogP contribution in [0.1, 0.15) is 103 Å². The highest BCUT2D eigenvalue weighted by Crippen LogP contribution is 2.47. The van der Waals surface area contributed by atoms with E-state index >= 15 is 4.39 Å². The number of carbonyl (C=O) groups is 8. The van der Waals surface area contributed by atoms with Crippen molar-refractivity contribution in [2.45, 2.75) is 122 Å². The third kappa shape index (κ3) is 11.0. The first kappa shape index (κ1) is 59.0. The monoisotopic (exact) mass is 1200 g/mol. The fraction of sp³-hybridized carbons (Fsp3) is 0.355. The molecule has 5 heterocycles. The minimum absolute atomic E-state index is 0.0190. The molecule has 2 aliphatic carbocycles. The average Bonchev–Trinajstić information content (AvgIpc) is 1.75. The molecule has 1 saturated heterocycles. The maximum Gasteiger partial charge on any atom is 0.407 e. The van der Waals surface area contributed by atoms with E-state index in [1.54, 1.807) is 13.8 Å². The molecule has 3 aliphatic heterocycles. The van der Waals surface area contributed by atoms with Gasteiger partial charge in [-0.25, -0.2) is 28.6 Å². The molecular formula is C62H58FN5O19. The number of amides is 3. The number of hydrogen-bond acceptors (Lipinski definition) is 20. The summed E-state index contributed by atoms with van der Waals surface area (Å²) in [6.07, 6.45) is -10.3. The van der Waals surface area contributed by atoms with Crippen LogP contribution in [0.25, 0.3) is 33.4 Å². The number of alkyl carbamates (subject to hydrolysis) is 2. The van der Waals surface area contributed by atoms with Crippen molar-refractivity contribution in [2.24, 2.45) is 0 Å². The van der Waals surface area contributed by atoms with E-state index < -0.39 is 115 Å². The molecule has 1 unspecified atom stereocenters. The molecule has 3 amide bonds. The number of halogens is 1. The van der Waals surface area contributed by atoms with Gasteiger partial charge in [-0.2, -0.15) is 0 Å². The molecule has 0 saturated carbocycles. The van der Waals surface area contributed by atoms with E-state index in [1.165, 1.54) is 34.9 Å². The number of carbonyl (C=O) groups excluding carboxylic acids is 8. The zero-order valence-electron chi connectivity index (χ0n) is 47.8. The minimum atomic E-state index is -2.11. The van der Waals surface area contributed by atoms with Crippen LogP contribution in [0.4, 0.5) is 19.7 Å². The molecule has 4 N–H and O–H groups in total. The van der Waals surface area contributed by atoms with E-state index in [0.717, 1.165) is 50.1 Å². The molecule has 6 aromatic rings. The van der Waals surface area contributed by atoms with Gasteiger partial charge in [0.25, 0.3) is 5.56 Å². The Labute approximate surface area is 494 Å². The second-order valence-corrected chi connectivity index (χ2v) is 21.5. The number of pyridine rings is 2. The molecule has 5 aliphatic rings. The summed E-state index contributed by atoms with van der Waals surface area (Å²) < 4.78 is 67.4. The maximum atomic E-state index is 15.6. The van der Waals surface area contributed by atoms with E-state index in [9.17, 15) is 48.3 Å². The van der Waals surface area contributed by atoms with E-state index in [2.05, 4.69) is 16.0 Å².